The molecule has 0 bridgehead atoms. The zero-order valence-electron chi connectivity index (χ0n) is 11.7. The molecular weight excluding hydrogens is 270 g/mol. The number of rotatable bonds is 2. The maximum absolute atomic E-state index is 12.4. The summed E-state index contributed by atoms with van der Waals surface area (Å²) >= 11 is 0. The molecule has 0 radical (unpaired) electrons. The molecule has 1 aromatic heterocycles. The van der Waals surface area contributed by atoms with Crippen LogP contribution in [0.1, 0.15) is 30.2 Å². The highest BCUT2D eigenvalue weighted by molar-refractivity contribution is 5.88. The maximum atomic E-state index is 12.4. The summed E-state index contributed by atoms with van der Waals surface area (Å²) in [6.45, 7) is 2.48. The van der Waals surface area contributed by atoms with E-state index in [1.54, 1.807) is 30.0 Å². The first-order valence-electron chi connectivity index (χ1n) is 6.93. The van der Waals surface area contributed by atoms with E-state index >= 15 is 0 Å². The van der Waals surface area contributed by atoms with Crippen molar-refractivity contribution in [2.45, 2.75) is 25.8 Å². The van der Waals surface area contributed by atoms with Crippen LogP contribution in [-0.4, -0.2) is 27.7 Å². The number of aromatic nitrogens is 1. The number of aromatic hydroxyl groups is 1. The topological polar surface area (TPSA) is 78.6 Å². The number of nitrogens with one attached hydrogen (secondary N) is 1. The number of phenolic OH excluding ortho intramolecular Hbond substituents is 1. The monoisotopic (exact) mass is 287 g/mol. The number of carbonyl (C=O) groups is 1. The van der Waals surface area contributed by atoms with E-state index in [-0.39, 0.29) is 17.8 Å². The number of nitrogens with zero attached hydrogens (tertiary/aromatic N) is 2. The van der Waals surface area contributed by atoms with E-state index in [0.717, 1.165) is 18.4 Å². The van der Waals surface area contributed by atoms with Crippen LogP contribution in [0.5, 0.6) is 5.75 Å². The Hall–Kier alpha value is -2.50. The molecule has 2 heterocycles. The van der Waals surface area contributed by atoms with E-state index in [0.29, 0.717) is 18.1 Å². The summed E-state index contributed by atoms with van der Waals surface area (Å²) in [7, 11) is 0. The number of carbonyl (C=O) groups excluding carboxylic acids is 1. The van der Waals surface area contributed by atoms with Crippen LogP contribution in [0.3, 0.4) is 0 Å². The van der Waals surface area contributed by atoms with Crippen molar-refractivity contribution >= 4 is 11.8 Å². The molecule has 0 spiro atoms. The minimum absolute atomic E-state index is 0.0265. The number of hydrogen-bond donors (Lipinski definition) is 2. The predicted octanol–water partition coefficient (Wildman–Crippen LogP) is 3.06. The van der Waals surface area contributed by atoms with Gasteiger partial charge in [0.25, 0.3) is 0 Å². The van der Waals surface area contributed by atoms with Crippen molar-refractivity contribution in [3.63, 3.8) is 0 Å². The Labute approximate surface area is 122 Å². The Morgan fingerprint density at radius 3 is 2.86 bits per heavy atom. The summed E-state index contributed by atoms with van der Waals surface area (Å²) in [6.07, 6.45) is 1.87. The summed E-state index contributed by atoms with van der Waals surface area (Å²) in [5.41, 5.74) is 1.02. The van der Waals surface area contributed by atoms with Crippen LogP contribution < -0.4 is 5.32 Å². The fourth-order valence-corrected chi connectivity index (χ4v) is 2.66. The fourth-order valence-electron chi connectivity index (χ4n) is 2.66. The highest BCUT2D eigenvalue weighted by Crippen LogP contribution is 2.33. The molecule has 1 atom stereocenters. The van der Waals surface area contributed by atoms with Crippen LogP contribution in [0, 0.1) is 6.92 Å². The average molecular weight is 287 g/mol. The lowest BCUT2D eigenvalue weighted by Gasteiger charge is -2.24. The molecule has 0 unspecified atom stereocenters. The lowest BCUT2D eigenvalue weighted by molar-refractivity contribution is 0.207. The summed E-state index contributed by atoms with van der Waals surface area (Å²) in [4.78, 5) is 14.1. The van der Waals surface area contributed by atoms with Gasteiger partial charge in [-0.2, -0.15) is 0 Å². The molecule has 0 aliphatic carbocycles. The standard InChI is InChI=1S/C15H17N3O3/c1-10-9-14(17-21-10)16-15(20)18-8-2-3-13(18)11-4-6-12(19)7-5-11/h4-7,9,13,19H,2-3,8H2,1H3,(H,16,17,20)/t13-/m1/s1. The second kappa shape index (κ2) is 5.47. The Kier molecular flexibility index (Phi) is 3.51. The lowest BCUT2D eigenvalue weighted by Crippen LogP contribution is -2.34. The van der Waals surface area contributed by atoms with Gasteiger partial charge in [-0.1, -0.05) is 17.3 Å². The van der Waals surface area contributed by atoms with Gasteiger partial charge in [0.2, 0.25) is 0 Å². The highest BCUT2D eigenvalue weighted by Gasteiger charge is 2.30. The average Bonchev–Trinajstić information content (AvgIpc) is 3.09. The van der Waals surface area contributed by atoms with Gasteiger partial charge < -0.3 is 14.5 Å². The van der Waals surface area contributed by atoms with Crippen molar-refractivity contribution in [1.29, 1.82) is 0 Å². The van der Waals surface area contributed by atoms with Gasteiger partial charge in [-0.3, -0.25) is 5.32 Å². The molecule has 6 nitrogen and oxygen atoms in total. The van der Waals surface area contributed by atoms with E-state index in [9.17, 15) is 9.90 Å². The van der Waals surface area contributed by atoms with Crippen LogP contribution in [0.25, 0.3) is 0 Å². The zero-order chi connectivity index (χ0) is 14.8. The molecule has 1 fully saturated rings. The number of benzene rings is 1. The second-order valence-electron chi connectivity index (χ2n) is 5.20. The predicted molar refractivity (Wildman–Crippen MR) is 77.0 cm³/mol. The van der Waals surface area contributed by atoms with Gasteiger partial charge in [-0.05, 0) is 37.5 Å². The molecule has 1 aliphatic rings. The van der Waals surface area contributed by atoms with Crippen molar-refractivity contribution in [2.24, 2.45) is 0 Å². The zero-order valence-corrected chi connectivity index (χ0v) is 11.7. The SMILES string of the molecule is Cc1cc(NC(=O)N2CCC[C@@H]2c2ccc(O)cc2)no1. The normalized spacial score (nSPS) is 18.0. The summed E-state index contributed by atoms with van der Waals surface area (Å²) < 4.78 is 4.94. The van der Waals surface area contributed by atoms with E-state index in [1.165, 1.54) is 0 Å². The van der Waals surface area contributed by atoms with E-state index in [4.69, 9.17) is 4.52 Å². The number of anilines is 1. The van der Waals surface area contributed by atoms with Crippen LogP contribution in [-0.2, 0) is 0 Å². The number of phenols is 1. The van der Waals surface area contributed by atoms with Gasteiger partial charge in [0.1, 0.15) is 11.5 Å². The molecular formula is C15H17N3O3. The van der Waals surface area contributed by atoms with Gasteiger partial charge in [-0.25, -0.2) is 4.79 Å². The number of amides is 2. The second-order valence-corrected chi connectivity index (χ2v) is 5.20. The molecule has 1 aromatic carbocycles. The molecule has 1 aliphatic heterocycles. The van der Waals surface area contributed by atoms with Gasteiger partial charge in [0.05, 0.1) is 6.04 Å². The summed E-state index contributed by atoms with van der Waals surface area (Å²) in [5.74, 6) is 1.31. The molecule has 2 aromatic rings. The van der Waals surface area contributed by atoms with Gasteiger partial charge in [0, 0.05) is 12.6 Å². The minimum atomic E-state index is -0.182. The lowest BCUT2D eigenvalue weighted by atomic mass is 10.0. The van der Waals surface area contributed by atoms with Crippen LogP contribution >= 0.6 is 0 Å². The molecule has 2 N–H and O–H groups in total. The van der Waals surface area contributed by atoms with E-state index in [2.05, 4.69) is 10.5 Å². The molecule has 6 heteroatoms. The first-order valence-corrected chi connectivity index (χ1v) is 6.93. The Bertz CT molecular complexity index is 636. The third kappa shape index (κ3) is 2.84. The number of hydrogen-bond acceptors (Lipinski definition) is 4. The Morgan fingerprint density at radius 2 is 2.19 bits per heavy atom. The van der Waals surface area contributed by atoms with E-state index < -0.39 is 0 Å². The number of likely N-dealkylation sites (tertiary alicyclic amines) is 1. The van der Waals surface area contributed by atoms with E-state index in [1.807, 2.05) is 12.1 Å². The molecule has 21 heavy (non-hydrogen) atoms. The van der Waals surface area contributed by atoms with Crippen LogP contribution in [0.4, 0.5) is 10.6 Å². The molecule has 1 saturated heterocycles. The smallest absolute Gasteiger partial charge is 0.323 e. The summed E-state index contributed by atoms with van der Waals surface area (Å²) in [5, 5.41) is 15.9. The van der Waals surface area contributed by atoms with Crippen molar-refractivity contribution in [1.82, 2.24) is 10.1 Å². The van der Waals surface area contributed by atoms with Crippen molar-refractivity contribution in [3.8, 4) is 5.75 Å². The third-order valence-corrected chi connectivity index (χ3v) is 3.65. The first-order chi connectivity index (χ1) is 10.1. The number of urea groups is 1. The fraction of sp³-hybridized carbons (Fsp3) is 0.333. The van der Waals surface area contributed by atoms with Gasteiger partial charge in [-0.15, -0.1) is 0 Å². The largest absolute Gasteiger partial charge is 0.508 e. The van der Waals surface area contributed by atoms with Crippen molar-refractivity contribution in [2.75, 3.05) is 11.9 Å². The van der Waals surface area contributed by atoms with Crippen molar-refractivity contribution < 1.29 is 14.4 Å². The highest BCUT2D eigenvalue weighted by atomic mass is 16.5. The Morgan fingerprint density at radius 1 is 1.43 bits per heavy atom. The maximum Gasteiger partial charge on any atom is 0.323 e. The quantitative estimate of drug-likeness (QED) is 0.889. The molecule has 110 valence electrons. The summed E-state index contributed by atoms with van der Waals surface area (Å²) in [6, 6.07) is 8.52. The number of aryl methyl sites for hydroxylation is 1. The first kappa shape index (κ1) is 13.5. The Balaban J connectivity index is 1.74. The van der Waals surface area contributed by atoms with Gasteiger partial charge in [0.15, 0.2) is 5.82 Å². The molecule has 2 amide bonds. The van der Waals surface area contributed by atoms with Crippen LogP contribution in [0.15, 0.2) is 34.9 Å². The minimum Gasteiger partial charge on any atom is -0.508 e. The molecule has 3 rings (SSSR count). The van der Waals surface area contributed by atoms with Crippen LogP contribution in [0.2, 0.25) is 0 Å². The third-order valence-electron chi connectivity index (χ3n) is 3.65. The van der Waals surface area contributed by atoms with Crippen molar-refractivity contribution in [3.05, 3.63) is 41.7 Å². The van der Waals surface area contributed by atoms with Gasteiger partial charge >= 0.3 is 6.03 Å². The molecule has 0 saturated carbocycles.